The van der Waals surface area contributed by atoms with E-state index in [0.717, 1.165) is 0 Å². The Balaban J connectivity index is 2.63. The topological polar surface area (TPSA) is 85.4 Å². The number of hydrogen-bond donors (Lipinski definition) is 1. The van der Waals surface area contributed by atoms with E-state index in [1.165, 1.54) is 25.1 Å². The van der Waals surface area contributed by atoms with Crippen LogP contribution < -0.4 is 11.2 Å². The summed E-state index contributed by atoms with van der Waals surface area (Å²) in [5.41, 5.74) is 5.47. The fourth-order valence-electron chi connectivity index (χ4n) is 2.84. The Morgan fingerprint density at radius 1 is 1.08 bits per heavy atom. The second-order valence-electron chi connectivity index (χ2n) is 5.95. The molecular weight excluding hydrogens is 354 g/mol. The predicted molar refractivity (Wildman–Crippen MR) is 101 cm³/mol. The van der Waals surface area contributed by atoms with Gasteiger partial charge in [-0.05, 0) is 30.3 Å². The molecule has 0 saturated carbocycles. The third kappa shape index (κ3) is 2.84. The summed E-state index contributed by atoms with van der Waals surface area (Å²) in [6.07, 6.45) is 0. The van der Waals surface area contributed by atoms with Crippen LogP contribution in [0.5, 0.6) is 0 Å². The minimum absolute atomic E-state index is 0.0894. The molecule has 0 aliphatic carbocycles. The predicted octanol–water partition coefficient (Wildman–Crippen LogP) is 2.44. The molecule has 0 fully saturated rings. The Hall–Kier alpha value is -3.12. The third-order valence-corrected chi connectivity index (χ3v) is 4.24. The van der Waals surface area contributed by atoms with Gasteiger partial charge in [-0.25, -0.2) is 0 Å². The molecule has 0 aliphatic heterocycles. The van der Waals surface area contributed by atoms with Gasteiger partial charge in [-0.15, -0.1) is 0 Å². The number of rotatable bonds is 3. The number of benzene rings is 2. The van der Waals surface area contributed by atoms with Gasteiger partial charge in [0.15, 0.2) is 0 Å². The summed E-state index contributed by atoms with van der Waals surface area (Å²) in [6.45, 7) is 0. The van der Waals surface area contributed by atoms with Crippen molar-refractivity contribution < 1.29 is 9.59 Å². The fourth-order valence-corrected chi connectivity index (χ4v) is 3.01. The average molecular weight is 370 g/mol. The molecule has 26 heavy (non-hydrogen) atoms. The van der Waals surface area contributed by atoms with Crippen LogP contribution in [-0.2, 0) is 0 Å². The third-order valence-electron chi connectivity index (χ3n) is 4.00. The zero-order valence-electron chi connectivity index (χ0n) is 14.2. The number of fused-ring (bicyclic) bond motifs is 1. The highest BCUT2D eigenvalue weighted by molar-refractivity contribution is 6.31. The second-order valence-corrected chi connectivity index (χ2v) is 6.39. The van der Waals surface area contributed by atoms with Gasteiger partial charge in [0.05, 0.1) is 5.52 Å². The molecule has 0 unspecified atom stereocenters. The molecule has 1 aromatic heterocycles. The van der Waals surface area contributed by atoms with Crippen LogP contribution in [0.1, 0.15) is 20.8 Å². The number of aromatic nitrogens is 1. The van der Waals surface area contributed by atoms with E-state index in [2.05, 4.69) is 0 Å². The summed E-state index contributed by atoms with van der Waals surface area (Å²) in [7, 11) is 3.07. The number of nitrogens with two attached hydrogens (primary N) is 1. The van der Waals surface area contributed by atoms with E-state index in [1.807, 2.05) is 6.07 Å². The first kappa shape index (κ1) is 17.7. The molecule has 3 aromatic rings. The van der Waals surface area contributed by atoms with E-state index >= 15 is 0 Å². The van der Waals surface area contributed by atoms with E-state index in [4.69, 9.17) is 17.3 Å². The van der Waals surface area contributed by atoms with Gasteiger partial charge in [-0.3, -0.25) is 14.4 Å². The van der Waals surface area contributed by atoms with Crippen molar-refractivity contribution >= 4 is 34.3 Å². The minimum atomic E-state index is -0.957. The molecular formula is C19H16ClN3O3. The number of primary amides is 1. The Morgan fingerprint density at radius 3 is 2.31 bits per heavy atom. The lowest BCUT2D eigenvalue weighted by Gasteiger charge is -2.21. The number of hydrogen-bond acceptors (Lipinski definition) is 3. The summed E-state index contributed by atoms with van der Waals surface area (Å²) < 4.78 is 1.55. The molecule has 0 aliphatic rings. The fraction of sp³-hybridized carbons (Fsp3) is 0.105. The average Bonchev–Trinajstić information content (AvgIpc) is 2.60. The lowest BCUT2D eigenvalue weighted by atomic mass is 10.0. The van der Waals surface area contributed by atoms with Gasteiger partial charge in [0.2, 0.25) is 5.43 Å². The van der Waals surface area contributed by atoms with Crippen LogP contribution in [0.3, 0.4) is 0 Å². The van der Waals surface area contributed by atoms with Crippen molar-refractivity contribution in [2.75, 3.05) is 14.1 Å². The van der Waals surface area contributed by atoms with Crippen LogP contribution >= 0.6 is 11.6 Å². The zero-order valence-corrected chi connectivity index (χ0v) is 14.9. The molecule has 0 atom stereocenters. The van der Waals surface area contributed by atoms with Gasteiger partial charge in [0.25, 0.3) is 11.8 Å². The standard InChI is InChI=1S/C19H16ClN3O3/c1-22(2)19(26)16-15(18(21)25)17(24)13-9-8-11(20)10-14(13)23(16)12-6-4-3-5-7-12/h3-10H,1-2H3,(H2,21,25). The Labute approximate surface area is 154 Å². The van der Waals surface area contributed by atoms with Crippen molar-refractivity contribution in [3.8, 4) is 5.69 Å². The maximum atomic E-state index is 12.9. The molecule has 2 N–H and O–H groups in total. The summed E-state index contributed by atoms with van der Waals surface area (Å²) in [4.78, 5) is 39.1. The van der Waals surface area contributed by atoms with Gasteiger partial charge in [-0.1, -0.05) is 29.8 Å². The molecule has 0 bridgehead atoms. The van der Waals surface area contributed by atoms with Crippen LogP contribution in [0.25, 0.3) is 16.6 Å². The van der Waals surface area contributed by atoms with Crippen LogP contribution in [-0.4, -0.2) is 35.4 Å². The number of carbonyl (C=O) groups is 2. The van der Waals surface area contributed by atoms with E-state index in [9.17, 15) is 14.4 Å². The van der Waals surface area contributed by atoms with Crippen LogP contribution in [0.15, 0.2) is 53.3 Å². The van der Waals surface area contributed by atoms with Crippen LogP contribution in [0, 0.1) is 0 Å². The molecule has 1 heterocycles. The normalized spacial score (nSPS) is 10.7. The van der Waals surface area contributed by atoms with E-state index < -0.39 is 17.2 Å². The number of nitrogens with zero attached hydrogens (tertiary/aromatic N) is 2. The van der Waals surface area contributed by atoms with Gasteiger partial charge in [0, 0.05) is 30.2 Å². The number of carbonyl (C=O) groups excluding carboxylic acids is 2. The summed E-state index contributed by atoms with van der Waals surface area (Å²) in [6, 6.07) is 13.6. The Morgan fingerprint density at radius 2 is 1.73 bits per heavy atom. The molecule has 3 rings (SSSR count). The van der Waals surface area contributed by atoms with E-state index in [0.29, 0.717) is 16.2 Å². The maximum absolute atomic E-state index is 12.9. The van der Waals surface area contributed by atoms with Crippen molar-refractivity contribution in [3.05, 3.63) is 75.0 Å². The first-order chi connectivity index (χ1) is 12.3. The minimum Gasteiger partial charge on any atom is -0.365 e. The van der Waals surface area contributed by atoms with Crippen molar-refractivity contribution in [1.82, 2.24) is 9.47 Å². The molecule has 132 valence electrons. The van der Waals surface area contributed by atoms with Gasteiger partial charge in [0.1, 0.15) is 11.3 Å². The largest absolute Gasteiger partial charge is 0.365 e. The number of pyridine rings is 1. The highest BCUT2D eigenvalue weighted by atomic mass is 35.5. The summed E-state index contributed by atoms with van der Waals surface area (Å²) in [5, 5.41) is 0.652. The first-order valence-electron chi connectivity index (χ1n) is 7.78. The number of amides is 2. The molecule has 0 spiro atoms. The highest BCUT2D eigenvalue weighted by Crippen LogP contribution is 2.25. The number of halogens is 1. The second kappa shape index (κ2) is 6.65. The van der Waals surface area contributed by atoms with Crippen molar-refractivity contribution in [1.29, 1.82) is 0 Å². The number of para-hydroxylation sites is 1. The van der Waals surface area contributed by atoms with Gasteiger partial charge >= 0.3 is 0 Å². The van der Waals surface area contributed by atoms with E-state index in [1.54, 1.807) is 41.0 Å². The first-order valence-corrected chi connectivity index (χ1v) is 8.16. The lowest BCUT2D eigenvalue weighted by molar-refractivity contribution is 0.0812. The highest BCUT2D eigenvalue weighted by Gasteiger charge is 2.27. The summed E-state index contributed by atoms with van der Waals surface area (Å²) in [5.74, 6) is -1.47. The van der Waals surface area contributed by atoms with Crippen molar-refractivity contribution in [2.45, 2.75) is 0 Å². The SMILES string of the molecule is CN(C)C(=O)c1c(C(N)=O)c(=O)c2ccc(Cl)cc2n1-c1ccccc1. The summed E-state index contributed by atoms with van der Waals surface area (Å²) >= 11 is 6.12. The van der Waals surface area contributed by atoms with Crippen LogP contribution in [0.2, 0.25) is 5.02 Å². The Bertz CT molecular complexity index is 1090. The van der Waals surface area contributed by atoms with Crippen molar-refractivity contribution in [2.24, 2.45) is 5.73 Å². The van der Waals surface area contributed by atoms with Gasteiger partial charge in [-0.2, -0.15) is 0 Å². The molecule has 6 nitrogen and oxygen atoms in total. The Kier molecular flexibility index (Phi) is 4.52. The molecule has 0 radical (unpaired) electrons. The van der Waals surface area contributed by atoms with Crippen molar-refractivity contribution in [3.63, 3.8) is 0 Å². The smallest absolute Gasteiger partial charge is 0.271 e. The maximum Gasteiger partial charge on any atom is 0.271 e. The lowest BCUT2D eigenvalue weighted by Crippen LogP contribution is -2.34. The zero-order chi connectivity index (χ0) is 19.0. The van der Waals surface area contributed by atoms with E-state index in [-0.39, 0.29) is 16.6 Å². The molecule has 2 amide bonds. The van der Waals surface area contributed by atoms with Crippen LogP contribution in [0.4, 0.5) is 0 Å². The monoisotopic (exact) mass is 369 g/mol. The van der Waals surface area contributed by atoms with Gasteiger partial charge < -0.3 is 15.2 Å². The molecule has 0 saturated heterocycles. The molecule has 2 aromatic carbocycles. The quantitative estimate of drug-likeness (QED) is 0.769. The molecule has 7 heteroatoms.